The fraction of sp³-hybridized carbons (Fsp3) is 0.615. The van der Waals surface area contributed by atoms with Gasteiger partial charge in [-0.05, 0) is 32.3 Å². The first-order valence-electron chi connectivity index (χ1n) is 6.85. The highest BCUT2D eigenvalue weighted by atomic mass is 16.4. The van der Waals surface area contributed by atoms with E-state index in [1.165, 1.54) is 4.90 Å². The summed E-state index contributed by atoms with van der Waals surface area (Å²) in [4.78, 5) is 24.8. The second kappa shape index (κ2) is 6.40. The first-order chi connectivity index (χ1) is 9.58. The second-order valence-corrected chi connectivity index (χ2v) is 5.12. The number of nitrogens with zero attached hydrogens (tertiary/aromatic N) is 3. The molecule has 0 aromatic carbocycles. The predicted octanol–water partition coefficient (Wildman–Crippen LogP) is 0.920. The lowest BCUT2D eigenvalue weighted by Gasteiger charge is -2.33. The number of nitrogens with one attached hydrogen (secondary N) is 1. The molecule has 0 spiro atoms. The van der Waals surface area contributed by atoms with Gasteiger partial charge in [-0.15, -0.1) is 0 Å². The van der Waals surface area contributed by atoms with E-state index in [0.29, 0.717) is 19.5 Å². The number of amides is 2. The van der Waals surface area contributed by atoms with Gasteiger partial charge in [-0.1, -0.05) is 0 Å². The van der Waals surface area contributed by atoms with Crippen LogP contribution in [0.3, 0.4) is 0 Å². The molecule has 2 amide bonds. The molecule has 1 saturated heterocycles. The van der Waals surface area contributed by atoms with Crippen LogP contribution >= 0.6 is 0 Å². The monoisotopic (exact) mass is 280 g/mol. The van der Waals surface area contributed by atoms with E-state index in [1.807, 2.05) is 19.2 Å². The van der Waals surface area contributed by atoms with Crippen LogP contribution < -0.4 is 5.32 Å². The summed E-state index contributed by atoms with van der Waals surface area (Å²) in [5.41, 5.74) is 0. The van der Waals surface area contributed by atoms with Crippen LogP contribution in [0.5, 0.6) is 0 Å². The lowest BCUT2D eigenvalue weighted by molar-refractivity contribution is -0.143. The number of hydrogen-bond acceptors (Lipinski definition) is 3. The summed E-state index contributed by atoms with van der Waals surface area (Å²) < 4.78 is 1.73. The quantitative estimate of drug-likeness (QED) is 0.858. The van der Waals surface area contributed by atoms with Gasteiger partial charge in [0.2, 0.25) is 0 Å². The number of carboxylic acid groups (broad SMARTS) is 1. The molecule has 1 fully saturated rings. The standard InChI is InChI=1S/C13H20N4O3/c1-10(9-16-7-4-6-14-16)15-13(20)17-8-3-2-5-11(17)12(18)19/h4,6-7,10-11H,2-3,5,8-9H2,1H3,(H,15,20)(H,18,19). The van der Waals surface area contributed by atoms with Crippen LogP contribution in [0, 0.1) is 0 Å². The average Bonchev–Trinajstić information content (AvgIpc) is 2.91. The molecule has 2 rings (SSSR count). The highest BCUT2D eigenvalue weighted by Crippen LogP contribution is 2.17. The van der Waals surface area contributed by atoms with E-state index in [9.17, 15) is 9.59 Å². The summed E-state index contributed by atoms with van der Waals surface area (Å²) in [5.74, 6) is -0.931. The van der Waals surface area contributed by atoms with Crippen LogP contribution in [0.1, 0.15) is 26.2 Å². The van der Waals surface area contributed by atoms with Crippen molar-refractivity contribution in [1.82, 2.24) is 20.0 Å². The summed E-state index contributed by atoms with van der Waals surface area (Å²) in [6, 6.07) is 0.691. The van der Waals surface area contributed by atoms with E-state index < -0.39 is 12.0 Å². The minimum atomic E-state index is -0.931. The molecule has 110 valence electrons. The van der Waals surface area contributed by atoms with E-state index in [2.05, 4.69) is 10.4 Å². The van der Waals surface area contributed by atoms with Crippen molar-refractivity contribution in [3.05, 3.63) is 18.5 Å². The SMILES string of the molecule is CC(Cn1cccn1)NC(=O)N1CCCCC1C(=O)O. The van der Waals surface area contributed by atoms with Gasteiger partial charge in [-0.3, -0.25) is 4.68 Å². The average molecular weight is 280 g/mol. The Balaban J connectivity index is 1.90. The lowest BCUT2D eigenvalue weighted by Crippen LogP contribution is -2.53. The highest BCUT2D eigenvalue weighted by Gasteiger charge is 2.32. The molecule has 0 radical (unpaired) electrons. The molecule has 0 saturated carbocycles. The molecule has 2 heterocycles. The number of likely N-dealkylation sites (tertiary alicyclic amines) is 1. The topological polar surface area (TPSA) is 87.5 Å². The summed E-state index contributed by atoms with van der Waals surface area (Å²) in [6.07, 6.45) is 5.73. The number of carbonyl (C=O) groups is 2. The number of piperidine rings is 1. The molecule has 1 aliphatic rings. The molecular formula is C13H20N4O3. The van der Waals surface area contributed by atoms with E-state index in [0.717, 1.165) is 12.8 Å². The normalized spacial score (nSPS) is 20.4. The van der Waals surface area contributed by atoms with Gasteiger partial charge in [-0.25, -0.2) is 9.59 Å². The van der Waals surface area contributed by atoms with Crippen molar-refractivity contribution in [1.29, 1.82) is 0 Å². The molecule has 2 unspecified atom stereocenters. The Morgan fingerprint density at radius 1 is 1.50 bits per heavy atom. The number of carboxylic acids is 1. The van der Waals surface area contributed by atoms with Gasteiger partial charge < -0.3 is 15.3 Å². The van der Waals surface area contributed by atoms with Gasteiger partial charge >= 0.3 is 12.0 Å². The zero-order valence-corrected chi connectivity index (χ0v) is 11.5. The number of aliphatic carboxylic acids is 1. The van der Waals surface area contributed by atoms with Crippen molar-refractivity contribution >= 4 is 12.0 Å². The minimum absolute atomic E-state index is 0.112. The van der Waals surface area contributed by atoms with E-state index >= 15 is 0 Å². The Labute approximate surface area is 117 Å². The Hall–Kier alpha value is -2.05. The fourth-order valence-corrected chi connectivity index (χ4v) is 2.46. The molecule has 1 aromatic heterocycles. The van der Waals surface area contributed by atoms with Crippen molar-refractivity contribution in [2.75, 3.05) is 6.54 Å². The van der Waals surface area contributed by atoms with Crippen molar-refractivity contribution in [3.8, 4) is 0 Å². The molecule has 1 aliphatic heterocycles. The minimum Gasteiger partial charge on any atom is -0.480 e. The van der Waals surface area contributed by atoms with E-state index in [4.69, 9.17) is 5.11 Å². The van der Waals surface area contributed by atoms with Crippen molar-refractivity contribution in [3.63, 3.8) is 0 Å². The molecule has 7 nitrogen and oxygen atoms in total. The molecule has 2 atom stereocenters. The third-order valence-electron chi connectivity index (χ3n) is 3.44. The fourth-order valence-electron chi connectivity index (χ4n) is 2.46. The third-order valence-corrected chi connectivity index (χ3v) is 3.44. The lowest BCUT2D eigenvalue weighted by atomic mass is 10.0. The largest absolute Gasteiger partial charge is 0.480 e. The highest BCUT2D eigenvalue weighted by molar-refractivity contribution is 5.83. The summed E-state index contributed by atoms with van der Waals surface area (Å²) >= 11 is 0. The van der Waals surface area contributed by atoms with Gasteiger partial charge in [0.25, 0.3) is 0 Å². The van der Waals surface area contributed by atoms with Gasteiger partial charge in [0.15, 0.2) is 0 Å². The third kappa shape index (κ3) is 3.49. The molecule has 20 heavy (non-hydrogen) atoms. The first kappa shape index (κ1) is 14.4. The number of carbonyl (C=O) groups excluding carboxylic acids is 1. The smallest absolute Gasteiger partial charge is 0.326 e. The molecule has 1 aromatic rings. The Morgan fingerprint density at radius 3 is 2.95 bits per heavy atom. The molecule has 2 N–H and O–H groups in total. The second-order valence-electron chi connectivity index (χ2n) is 5.12. The van der Waals surface area contributed by atoms with Crippen LogP contribution in [0.25, 0.3) is 0 Å². The Bertz CT molecular complexity index is 460. The maximum Gasteiger partial charge on any atom is 0.326 e. The van der Waals surface area contributed by atoms with Gasteiger partial charge in [0, 0.05) is 25.0 Å². The molecule has 0 aliphatic carbocycles. The Morgan fingerprint density at radius 2 is 2.30 bits per heavy atom. The van der Waals surface area contributed by atoms with Gasteiger partial charge in [0.05, 0.1) is 6.54 Å². The number of urea groups is 1. The maximum absolute atomic E-state index is 12.2. The number of aromatic nitrogens is 2. The number of hydrogen-bond donors (Lipinski definition) is 2. The summed E-state index contributed by atoms with van der Waals surface area (Å²) in [6.45, 7) is 2.93. The molecule has 0 bridgehead atoms. The van der Waals surface area contributed by atoms with Crippen molar-refractivity contribution < 1.29 is 14.7 Å². The van der Waals surface area contributed by atoms with Crippen molar-refractivity contribution in [2.24, 2.45) is 0 Å². The predicted molar refractivity (Wildman–Crippen MR) is 72.2 cm³/mol. The Kier molecular flexibility index (Phi) is 4.60. The van der Waals surface area contributed by atoms with Crippen LogP contribution in [0.4, 0.5) is 4.79 Å². The summed E-state index contributed by atoms with van der Waals surface area (Å²) in [7, 11) is 0. The number of rotatable bonds is 4. The summed E-state index contributed by atoms with van der Waals surface area (Å²) in [5, 5.41) is 16.1. The zero-order chi connectivity index (χ0) is 14.5. The van der Waals surface area contributed by atoms with Crippen LogP contribution in [-0.2, 0) is 11.3 Å². The molecule has 7 heteroatoms. The maximum atomic E-state index is 12.2. The first-order valence-corrected chi connectivity index (χ1v) is 6.85. The van der Waals surface area contributed by atoms with E-state index in [-0.39, 0.29) is 12.1 Å². The van der Waals surface area contributed by atoms with Crippen LogP contribution in [-0.4, -0.2) is 50.4 Å². The van der Waals surface area contributed by atoms with Crippen LogP contribution in [0.15, 0.2) is 18.5 Å². The van der Waals surface area contributed by atoms with Crippen molar-refractivity contribution in [2.45, 2.75) is 44.8 Å². The van der Waals surface area contributed by atoms with Gasteiger partial charge in [0.1, 0.15) is 6.04 Å². The van der Waals surface area contributed by atoms with E-state index in [1.54, 1.807) is 10.9 Å². The van der Waals surface area contributed by atoms with Crippen LogP contribution in [0.2, 0.25) is 0 Å². The zero-order valence-electron chi connectivity index (χ0n) is 11.5. The van der Waals surface area contributed by atoms with Gasteiger partial charge in [-0.2, -0.15) is 5.10 Å². The molecular weight excluding hydrogens is 260 g/mol.